The Kier molecular flexibility index (Phi) is 41.4. The summed E-state index contributed by atoms with van der Waals surface area (Å²) in [5.74, 6) is 9.53. The summed E-state index contributed by atoms with van der Waals surface area (Å²) in [5, 5.41) is 21.7. The molecule has 0 atom stereocenters. The van der Waals surface area contributed by atoms with Crippen LogP contribution in [0.3, 0.4) is 0 Å². The summed E-state index contributed by atoms with van der Waals surface area (Å²) in [6, 6.07) is 46.7. The molecule has 8 aromatic carbocycles. The van der Waals surface area contributed by atoms with Gasteiger partial charge in [-0.3, -0.25) is 4.68 Å². The Bertz CT molecular complexity index is 4940. The molecule has 19 nitrogen and oxygen atoms in total. The number of unbranched alkanes of at least 4 members (excludes halogenated alkanes) is 9. The van der Waals surface area contributed by atoms with Crippen LogP contribution >= 0.6 is 7.81 Å². The zero-order valence-corrected chi connectivity index (χ0v) is 87.8. The van der Waals surface area contributed by atoms with Crippen LogP contribution in [0.2, 0.25) is 0 Å². The van der Waals surface area contributed by atoms with Gasteiger partial charge in [0.05, 0.1) is 89.7 Å². The Morgan fingerprint density at radius 2 is 0.604 bits per heavy atom. The van der Waals surface area contributed by atoms with Gasteiger partial charge in [0.25, 0.3) is 0 Å². The van der Waals surface area contributed by atoms with Gasteiger partial charge in [-0.25, -0.2) is 4.57 Å². The second-order valence-electron chi connectivity index (χ2n) is 39.3. The first-order valence-corrected chi connectivity index (χ1v) is 52.3. The van der Waals surface area contributed by atoms with Crippen molar-refractivity contribution in [3.63, 3.8) is 0 Å². The van der Waals surface area contributed by atoms with E-state index >= 15 is 0 Å². The van der Waals surface area contributed by atoms with E-state index in [1.54, 1.807) is 0 Å². The summed E-state index contributed by atoms with van der Waals surface area (Å²) in [5.41, 5.74) is 19.5. The first-order valence-electron chi connectivity index (χ1n) is 50.3. The summed E-state index contributed by atoms with van der Waals surface area (Å²) in [6.45, 7) is 56.3. The monoisotopic (exact) mass is 1950 g/mol. The topological polar surface area (TPSA) is 182 Å². The first kappa shape index (κ1) is 112. The number of hydrogen-bond acceptors (Lipinski definition) is 17. The van der Waals surface area contributed by atoms with Crippen LogP contribution in [0.5, 0.6) is 69.0 Å². The number of anilines is 1. The van der Waals surface area contributed by atoms with Crippen LogP contribution in [-0.4, -0.2) is 101 Å². The zero-order valence-electron chi connectivity index (χ0n) is 86.9. The van der Waals surface area contributed by atoms with Crippen molar-refractivity contribution in [1.82, 2.24) is 15.0 Å². The SMILES string of the molecule is CC(C)(C)c1cc(N=Nc2ccc(OCC[n+]3ccc(OCCCCCCCCCc4cn(CCCCCCNc5cc(C(C)(C)C)cc(C(C)(C)C)c5)nn4)cc3)cc2)cc(C(C)(C)C)c1.CCOc1cc2c(OCC)cc1Cc1cc(OCC)c(cc1OCC)Cc1cc(OCC)c(cc1OCC)Cc1cc(OCC)c(cc1OCC)Cc1cc(OCC)c(cc1OCC)C2.F[P-](F)(F)(F)(F)F. The summed E-state index contributed by atoms with van der Waals surface area (Å²) in [4.78, 5) is 0. The van der Waals surface area contributed by atoms with Crippen molar-refractivity contribution in [3.8, 4) is 69.0 Å². The number of nitrogens with zero attached hydrogens (tertiary/aromatic N) is 6. The van der Waals surface area contributed by atoms with Crippen LogP contribution < -0.4 is 66.7 Å². The van der Waals surface area contributed by atoms with E-state index in [1.807, 2.05) is 110 Å². The standard InChI is InChI=1S/C58H86N7O2.C55H70O10.F6P/c1-55(2,3)45-38-46(56(4,5)6)41-51(40-45)59-31-21-17-18-22-32-65-44-50(62-63-65)24-20-16-14-13-15-19-23-36-66-54-29-33-64(34-30-54)35-37-67-53-27-25-49(26-28-53)60-61-52-42-47(57(7,8)9)39-48(43-52)58(10,11)12;1-11-56-46-26-37-22-39-29-51(61-16-6)41(31-50(39)60-15-5)24-43-33-55(65-20-10)45(35-54(43)64-19-9)25-44-34-52(62-17-7)42(32-53(44)63-18-8)23-40-30-48(58-13-3)38(28-49(40)59-14-4)21-36(46)27-47(37)57-12-2;1-7(2,3,4,5)6/h25-30,33-34,38-44,59H,13-24,31-32,35-37H2,1-12H3;26-35H,11-25H2,1-10H3;/q+1;;-1. The predicted octanol–water partition coefficient (Wildman–Crippen LogP) is 30.6. The van der Waals surface area contributed by atoms with Gasteiger partial charge in [0.1, 0.15) is 75.6 Å². The average Bonchev–Trinajstić information content (AvgIpc) is 1.45. The Hall–Kier alpha value is -10.9. The van der Waals surface area contributed by atoms with Crippen LogP contribution in [0.1, 0.15) is 307 Å². The second-order valence-corrected chi connectivity index (χ2v) is 41.2. The second kappa shape index (κ2) is 51.5. The number of azo groups is 1. The molecule has 2 aromatic heterocycles. The molecule has 0 saturated heterocycles. The van der Waals surface area contributed by atoms with Gasteiger partial charge in [-0.15, -0.1) is 5.10 Å². The van der Waals surface area contributed by atoms with Crippen LogP contribution in [0.15, 0.2) is 162 Å². The fraction of sp³-hybridized carbons (Fsp3) is 0.513. The van der Waals surface area contributed by atoms with E-state index < -0.39 is 7.81 Å². The van der Waals surface area contributed by atoms with Crippen molar-refractivity contribution in [3.05, 3.63) is 236 Å². The van der Waals surface area contributed by atoms with Crippen LogP contribution in [0, 0.1) is 0 Å². The molecule has 20 rings (SSSR count). The van der Waals surface area contributed by atoms with Crippen molar-refractivity contribution >= 4 is 24.9 Å². The van der Waals surface area contributed by atoms with E-state index in [0.29, 0.717) is 105 Å². The quantitative estimate of drug-likeness (QED) is 0.0125. The van der Waals surface area contributed by atoms with E-state index in [4.69, 9.17) is 56.8 Å². The summed E-state index contributed by atoms with van der Waals surface area (Å²) in [6.07, 6.45) is 23.2. The molecule has 1 N–H and O–H groups in total. The Morgan fingerprint density at radius 3 is 0.928 bits per heavy atom. The molecule has 26 heteroatoms. The summed E-state index contributed by atoms with van der Waals surface area (Å²) < 4.78 is 140. The van der Waals surface area contributed by atoms with Crippen LogP contribution in [-0.2, 0) is 73.3 Å². The van der Waals surface area contributed by atoms with Crippen molar-refractivity contribution in [1.29, 1.82) is 0 Å². The molecule has 762 valence electrons. The van der Waals surface area contributed by atoms with Crippen LogP contribution in [0.25, 0.3) is 0 Å². The van der Waals surface area contributed by atoms with Gasteiger partial charge in [-0.2, -0.15) is 10.2 Å². The molecule has 10 bridgehead atoms. The van der Waals surface area contributed by atoms with Crippen molar-refractivity contribution in [2.45, 2.75) is 296 Å². The van der Waals surface area contributed by atoms with Crippen LogP contribution in [0.4, 0.5) is 42.2 Å². The average molecular weight is 1950 g/mol. The summed E-state index contributed by atoms with van der Waals surface area (Å²) in [7, 11) is -10.7. The fourth-order valence-electron chi connectivity index (χ4n) is 16.4. The maximum atomic E-state index is 9.87. The number of aromatic nitrogens is 4. The molecule has 0 fully saturated rings. The molecule has 10 aromatic rings. The minimum atomic E-state index is -10.7. The van der Waals surface area contributed by atoms with Gasteiger partial charge < -0.3 is 62.2 Å². The predicted molar refractivity (Wildman–Crippen MR) is 550 cm³/mol. The molecule has 10 aliphatic rings. The molecule has 139 heavy (non-hydrogen) atoms. The van der Waals surface area contributed by atoms with Crippen molar-refractivity contribution in [2.75, 3.05) is 91.1 Å². The normalized spacial score (nSPS) is 12.9. The van der Waals surface area contributed by atoms with E-state index in [2.05, 4.69) is 229 Å². The van der Waals surface area contributed by atoms with E-state index in [9.17, 15) is 25.2 Å². The molecule has 0 aliphatic heterocycles. The third kappa shape index (κ3) is 37.5. The third-order valence-electron chi connectivity index (χ3n) is 23.6. The minimum absolute atomic E-state index is 0.0345. The Balaban J connectivity index is 0.000000291. The van der Waals surface area contributed by atoms with Gasteiger partial charge in [0, 0.05) is 125 Å². The number of hydrogen-bond donors (Lipinski definition) is 1. The van der Waals surface area contributed by atoms with Gasteiger partial charge in [-0.1, -0.05) is 145 Å². The van der Waals surface area contributed by atoms with E-state index in [-0.39, 0.29) is 21.7 Å². The third-order valence-corrected chi connectivity index (χ3v) is 23.6. The molecule has 0 amide bonds. The molecule has 0 saturated carbocycles. The number of benzene rings is 8. The fourth-order valence-corrected chi connectivity index (χ4v) is 16.4. The molecule has 2 heterocycles. The Labute approximate surface area is 824 Å². The van der Waals surface area contributed by atoms with Crippen molar-refractivity contribution in [2.24, 2.45) is 10.2 Å². The summed E-state index contributed by atoms with van der Waals surface area (Å²) >= 11 is 0. The van der Waals surface area contributed by atoms with Gasteiger partial charge in [-0.05, 0) is 254 Å². The van der Waals surface area contributed by atoms with E-state index in [0.717, 1.165) is 187 Å². The number of nitrogens with one attached hydrogen (secondary N) is 1. The van der Waals surface area contributed by atoms with Crippen molar-refractivity contribution < 1.29 is 86.6 Å². The molecule has 10 aliphatic carbocycles. The molecule has 0 radical (unpaired) electrons. The molecule has 0 unspecified atom stereocenters. The van der Waals surface area contributed by atoms with E-state index in [1.165, 1.54) is 85.7 Å². The van der Waals surface area contributed by atoms with Gasteiger partial charge >= 0.3 is 33.0 Å². The zero-order chi connectivity index (χ0) is 101. The number of aryl methyl sites for hydroxylation is 2. The first-order chi connectivity index (χ1) is 65.9. The van der Waals surface area contributed by atoms with Gasteiger partial charge in [0.15, 0.2) is 18.9 Å². The van der Waals surface area contributed by atoms with Gasteiger partial charge in [0.2, 0.25) is 0 Å². The number of pyridine rings is 1. The molecule has 0 spiro atoms. The number of rotatable bonds is 45. The molecular formula is C113H156F6N7O12P. The Morgan fingerprint density at radius 1 is 0.324 bits per heavy atom. The molecular weight excluding hydrogens is 1790 g/mol. The maximum absolute atomic E-state index is 10.7. The number of ether oxygens (including phenoxy) is 12. The number of halogens is 6.